The molecular weight excluding hydrogens is 424 g/mol. The Morgan fingerprint density at radius 1 is 1.07 bits per heavy atom. The lowest BCUT2D eigenvalue weighted by molar-refractivity contribution is -0.131. The summed E-state index contributed by atoms with van der Waals surface area (Å²) in [5, 5.41) is 0.670. The number of amides is 2. The van der Waals surface area contributed by atoms with Crippen LogP contribution in [0.1, 0.15) is 56.9 Å². The SMILES string of the molecule is O=C(CCCCCN1C(=O)/C(=C/c2ccc(Cl)cc2)SC1=S)N1CCCCCC1. The molecule has 0 aliphatic carbocycles. The average Bonchev–Trinajstić information content (AvgIpc) is 2.90. The smallest absolute Gasteiger partial charge is 0.266 e. The summed E-state index contributed by atoms with van der Waals surface area (Å²) in [5.74, 6) is 0.249. The van der Waals surface area contributed by atoms with Crippen LogP contribution in [0, 0.1) is 0 Å². The van der Waals surface area contributed by atoms with Crippen molar-refractivity contribution >= 4 is 57.8 Å². The number of hydrogen-bond donors (Lipinski definition) is 0. The molecular formula is C22H27ClN2O2S2. The second-order valence-corrected chi connectivity index (χ2v) is 9.60. The fourth-order valence-electron chi connectivity index (χ4n) is 3.60. The Labute approximate surface area is 187 Å². The van der Waals surface area contributed by atoms with Gasteiger partial charge in [-0.05, 0) is 49.5 Å². The van der Waals surface area contributed by atoms with Gasteiger partial charge in [0.2, 0.25) is 5.91 Å². The number of carbonyl (C=O) groups is 2. The van der Waals surface area contributed by atoms with Gasteiger partial charge in [-0.1, -0.05) is 67.0 Å². The largest absolute Gasteiger partial charge is 0.343 e. The fraction of sp³-hybridized carbons (Fsp3) is 0.500. The van der Waals surface area contributed by atoms with E-state index in [4.69, 9.17) is 23.8 Å². The molecule has 29 heavy (non-hydrogen) atoms. The zero-order chi connectivity index (χ0) is 20.6. The second-order valence-electron chi connectivity index (χ2n) is 7.49. The minimum Gasteiger partial charge on any atom is -0.343 e. The fourth-order valence-corrected chi connectivity index (χ4v) is 5.04. The highest BCUT2D eigenvalue weighted by molar-refractivity contribution is 8.26. The van der Waals surface area contributed by atoms with Gasteiger partial charge in [0.1, 0.15) is 4.32 Å². The van der Waals surface area contributed by atoms with E-state index in [0.717, 1.165) is 50.8 Å². The molecule has 2 saturated heterocycles. The van der Waals surface area contributed by atoms with E-state index in [9.17, 15) is 9.59 Å². The summed E-state index contributed by atoms with van der Waals surface area (Å²) in [6, 6.07) is 7.38. The van der Waals surface area contributed by atoms with Crippen LogP contribution in [0.5, 0.6) is 0 Å². The summed E-state index contributed by atoms with van der Waals surface area (Å²) in [6.07, 6.45) is 9.84. The summed E-state index contributed by atoms with van der Waals surface area (Å²) in [5.41, 5.74) is 0.932. The van der Waals surface area contributed by atoms with Crippen molar-refractivity contribution in [3.05, 3.63) is 39.8 Å². The monoisotopic (exact) mass is 450 g/mol. The van der Waals surface area contributed by atoms with Crippen LogP contribution in [-0.2, 0) is 9.59 Å². The van der Waals surface area contributed by atoms with Crippen molar-refractivity contribution in [2.75, 3.05) is 19.6 Å². The van der Waals surface area contributed by atoms with Gasteiger partial charge in [0.25, 0.3) is 5.91 Å². The normalized spacial score (nSPS) is 19.1. The van der Waals surface area contributed by atoms with Crippen molar-refractivity contribution < 1.29 is 9.59 Å². The van der Waals surface area contributed by atoms with Crippen LogP contribution in [0.25, 0.3) is 6.08 Å². The topological polar surface area (TPSA) is 40.6 Å². The number of thiocarbonyl (C=S) groups is 1. The molecule has 3 rings (SSSR count). The molecule has 0 radical (unpaired) electrons. The van der Waals surface area contributed by atoms with Crippen molar-refractivity contribution in [2.45, 2.75) is 51.4 Å². The van der Waals surface area contributed by atoms with Crippen molar-refractivity contribution in [1.29, 1.82) is 0 Å². The molecule has 0 unspecified atom stereocenters. The number of halogens is 1. The average molecular weight is 451 g/mol. The molecule has 1 aromatic carbocycles. The first-order valence-corrected chi connectivity index (χ1v) is 11.9. The molecule has 0 spiro atoms. The molecule has 0 atom stereocenters. The van der Waals surface area contributed by atoms with Crippen LogP contribution in [0.3, 0.4) is 0 Å². The van der Waals surface area contributed by atoms with Crippen LogP contribution < -0.4 is 0 Å². The number of thioether (sulfide) groups is 1. The lowest BCUT2D eigenvalue weighted by atomic mass is 10.1. The van der Waals surface area contributed by atoms with Gasteiger partial charge < -0.3 is 4.90 Å². The van der Waals surface area contributed by atoms with Crippen LogP contribution in [0.15, 0.2) is 29.2 Å². The van der Waals surface area contributed by atoms with E-state index in [1.165, 1.54) is 24.6 Å². The van der Waals surface area contributed by atoms with Crippen molar-refractivity contribution in [2.24, 2.45) is 0 Å². The van der Waals surface area contributed by atoms with E-state index in [0.29, 0.717) is 27.2 Å². The summed E-state index contributed by atoms with van der Waals surface area (Å²) in [4.78, 5) is 29.3. The first-order chi connectivity index (χ1) is 14.0. The number of hydrogen-bond acceptors (Lipinski definition) is 4. The van der Waals surface area contributed by atoms with Gasteiger partial charge in [0.05, 0.1) is 4.91 Å². The maximum atomic E-state index is 12.7. The molecule has 2 heterocycles. The van der Waals surface area contributed by atoms with E-state index < -0.39 is 0 Å². The van der Waals surface area contributed by atoms with Gasteiger partial charge >= 0.3 is 0 Å². The van der Waals surface area contributed by atoms with Gasteiger partial charge in [-0.2, -0.15) is 0 Å². The van der Waals surface area contributed by atoms with Gasteiger partial charge in [-0.25, -0.2) is 0 Å². The minimum atomic E-state index is -0.0319. The highest BCUT2D eigenvalue weighted by atomic mass is 35.5. The Morgan fingerprint density at radius 3 is 2.45 bits per heavy atom. The Morgan fingerprint density at radius 2 is 1.76 bits per heavy atom. The summed E-state index contributed by atoms with van der Waals surface area (Å²) in [6.45, 7) is 2.44. The first kappa shape index (κ1) is 22.3. The zero-order valence-electron chi connectivity index (χ0n) is 16.6. The third-order valence-electron chi connectivity index (χ3n) is 5.27. The molecule has 2 aliphatic rings. The van der Waals surface area contributed by atoms with Gasteiger partial charge in [0.15, 0.2) is 0 Å². The van der Waals surface area contributed by atoms with E-state index in [1.807, 2.05) is 23.1 Å². The van der Waals surface area contributed by atoms with Gasteiger partial charge in [0, 0.05) is 31.1 Å². The zero-order valence-corrected chi connectivity index (χ0v) is 19.0. The van der Waals surface area contributed by atoms with E-state index in [-0.39, 0.29) is 11.8 Å². The standard InChI is InChI=1S/C22H27ClN2O2S2/c23-18-11-9-17(10-12-18)16-19-21(27)25(22(28)29-19)15-7-3-4-8-20(26)24-13-5-1-2-6-14-24/h9-12,16H,1-8,13-15H2/b19-16-. The quantitative estimate of drug-likeness (QED) is 0.312. The molecule has 4 nitrogen and oxygen atoms in total. The Balaban J connectivity index is 1.41. The van der Waals surface area contributed by atoms with Crippen molar-refractivity contribution in [3.8, 4) is 0 Å². The Bertz CT molecular complexity index is 772. The molecule has 0 aromatic heterocycles. The predicted octanol–water partition coefficient (Wildman–Crippen LogP) is 5.50. The summed E-state index contributed by atoms with van der Waals surface area (Å²) >= 11 is 12.7. The third kappa shape index (κ3) is 6.56. The molecule has 2 aliphatic heterocycles. The highest BCUT2D eigenvalue weighted by Crippen LogP contribution is 2.33. The van der Waals surface area contributed by atoms with Gasteiger partial charge in [-0.3, -0.25) is 14.5 Å². The summed E-state index contributed by atoms with van der Waals surface area (Å²) in [7, 11) is 0. The van der Waals surface area contributed by atoms with Crippen LogP contribution in [0.2, 0.25) is 5.02 Å². The maximum absolute atomic E-state index is 12.7. The molecule has 0 saturated carbocycles. The number of benzene rings is 1. The molecule has 2 fully saturated rings. The highest BCUT2D eigenvalue weighted by Gasteiger charge is 2.31. The molecule has 156 valence electrons. The van der Waals surface area contributed by atoms with Crippen molar-refractivity contribution in [3.63, 3.8) is 0 Å². The van der Waals surface area contributed by atoms with Crippen LogP contribution in [-0.4, -0.2) is 45.6 Å². The van der Waals surface area contributed by atoms with E-state index in [2.05, 4.69) is 0 Å². The van der Waals surface area contributed by atoms with Crippen LogP contribution >= 0.6 is 35.6 Å². The Hall–Kier alpha value is -1.37. The lowest BCUT2D eigenvalue weighted by Crippen LogP contribution is -2.31. The molecule has 7 heteroatoms. The number of rotatable bonds is 7. The number of unbranched alkanes of at least 4 members (excludes halogenated alkanes) is 2. The number of carbonyl (C=O) groups excluding carboxylic acids is 2. The maximum Gasteiger partial charge on any atom is 0.266 e. The molecule has 0 N–H and O–H groups in total. The van der Waals surface area contributed by atoms with Crippen molar-refractivity contribution in [1.82, 2.24) is 9.80 Å². The number of likely N-dealkylation sites (tertiary alicyclic amines) is 1. The third-order valence-corrected chi connectivity index (χ3v) is 6.90. The number of nitrogens with zero attached hydrogens (tertiary/aromatic N) is 2. The molecule has 0 bridgehead atoms. The van der Waals surface area contributed by atoms with E-state index >= 15 is 0 Å². The molecule has 2 amide bonds. The first-order valence-electron chi connectivity index (χ1n) is 10.3. The minimum absolute atomic E-state index is 0.0319. The summed E-state index contributed by atoms with van der Waals surface area (Å²) < 4.78 is 0.607. The van der Waals surface area contributed by atoms with Gasteiger partial charge in [-0.15, -0.1) is 0 Å². The lowest BCUT2D eigenvalue weighted by Gasteiger charge is -2.20. The Kier molecular flexibility index (Phi) is 8.57. The second kappa shape index (κ2) is 11.1. The van der Waals surface area contributed by atoms with Crippen LogP contribution in [0.4, 0.5) is 0 Å². The van der Waals surface area contributed by atoms with E-state index in [1.54, 1.807) is 17.0 Å². The molecule has 1 aromatic rings. The predicted molar refractivity (Wildman–Crippen MR) is 125 cm³/mol.